The molecule has 0 aliphatic rings. The second-order valence-corrected chi connectivity index (χ2v) is 8.14. The summed E-state index contributed by atoms with van der Waals surface area (Å²) >= 11 is 0. The summed E-state index contributed by atoms with van der Waals surface area (Å²) in [6.07, 6.45) is 0. The summed E-state index contributed by atoms with van der Waals surface area (Å²) in [5, 5.41) is 1.39. The Bertz CT molecular complexity index is 1250. The number of para-hydroxylation sites is 1. The number of rotatable bonds is 5. The molecule has 1 amide bonds. The SMILES string of the molecule is O=C(NN(c1ccccc1)S(=O)(=O)c1cccc2ccccc12)c1ccccc1. The van der Waals surface area contributed by atoms with Crippen LogP contribution < -0.4 is 9.84 Å². The van der Waals surface area contributed by atoms with Crippen molar-refractivity contribution in [1.82, 2.24) is 5.43 Å². The van der Waals surface area contributed by atoms with E-state index in [1.165, 1.54) is 0 Å². The van der Waals surface area contributed by atoms with Crippen LogP contribution in [0.25, 0.3) is 10.8 Å². The first-order valence-electron chi connectivity index (χ1n) is 9.01. The molecule has 0 spiro atoms. The van der Waals surface area contributed by atoms with Crippen molar-refractivity contribution >= 4 is 32.4 Å². The van der Waals surface area contributed by atoms with E-state index < -0.39 is 15.9 Å². The lowest BCUT2D eigenvalue weighted by Gasteiger charge is -2.25. The van der Waals surface area contributed by atoms with Gasteiger partial charge in [0, 0.05) is 10.9 Å². The van der Waals surface area contributed by atoms with E-state index in [0.717, 1.165) is 9.80 Å². The second kappa shape index (κ2) is 7.77. The Morgan fingerprint density at radius 2 is 1.28 bits per heavy atom. The summed E-state index contributed by atoms with van der Waals surface area (Å²) in [5.41, 5.74) is 3.26. The highest BCUT2D eigenvalue weighted by atomic mass is 32.2. The van der Waals surface area contributed by atoms with E-state index in [2.05, 4.69) is 5.43 Å². The van der Waals surface area contributed by atoms with Crippen LogP contribution in [0.3, 0.4) is 0 Å². The number of hydrogen-bond acceptors (Lipinski definition) is 3. The number of carbonyl (C=O) groups excluding carboxylic acids is 1. The van der Waals surface area contributed by atoms with Gasteiger partial charge in [-0.1, -0.05) is 72.8 Å². The Morgan fingerprint density at radius 1 is 0.690 bits per heavy atom. The third kappa shape index (κ3) is 3.70. The average Bonchev–Trinajstić information content (AvgIpc) is 2.78. The number of anilines is 1. The van der Waals surface area contributed by atoms with Crippen LogP contribution >= 0.6 is 0 Å². The van der Waals surface area contributed by atoms with Gasteiger partial charge in [0.1, 0.15) is 0 Å². The van der Waals surface area contributed by atoms with Gasteiger partial charge in [-0.2, -0.15) is 12.8 Å². The monoisotopic (exact) mass is 402 g/mol. The molecule has 0 unspecified atom stereocenters. The number of nitrogens with one attached hydrogen (secondary N) is 1. The lowest BCUT2D eigenvalue weighted by atomic mass is 10.1. The molecule has 1 N–H and O–H groups in total. The molecule has 4 aromatic carbocycles. The molecular weight excluding hydrogens is 384 g/mol. The zero-order valence-electron chi connectivity index (χ0n) is 15.4. The first kappa shape index (κ1) is 18.7. The molecule has 29 heavy (non-hydrogen) atoms. The molecule has 0 atom stereocenters. The molecule has 0 saturated carbocycles. The van der Waals surface area contributed by atoms with Gasteiger partial charge in [-0.3, -0.25) is 4.79 Å². The van der Waals surface area contributed by atoms with Crippen molar-refractivity contribution in [3.63, 3.8) is 0 Å². The minimum atomic E-state index is -4.08. The van der Waals surface area contributed by atoms with Crippen molar-refractivity contribution in [3.05, 3.63) is 109 Å². The average molecular weight is 402 g/mol. The summed E-state index contributed by atoms with van der Waals surface area (Å²) in [5.74, 6) is -0.515. The Balaban J connectivity index is 1.83. The Kier molecular flexibility index (Phi) is 5.01. The van der Waals surface area contributed by atoms with Crippen molar-refractivity contribution in [2.45, 2.75) is 4.90 Å². The maximum atomic E-state index is 13.6. The number of benzene rings is 4. The van der Waals surface area contributed by atoms with E-state index >= 15 is 0 Å². The van der Waals surface area contributed by atoms with Crippen LogP contribution in [-0.4, -0.2) is 14.3 Å². The molecule has 0 aliphatic carbocycles. The number of amides is 1. The smallest absolute Gasteiger partial charge is 0.267 e. The Morgan fingerprint density at radius 3 is 2.00 bits per heavy atom. The molecular formula is C23H18N2O3S. The Labute approximate surface area is 169 Å². The van der Waals surface area contributed by atoms with Gasteiger partial charge in [0.15, 0.2) is 0 Å². The van der Waals surface area contributed by atoms with Gasteiger partial charge >= 0.3 is 0 Å². The molecule has 144 valence electrons. The molecule has 0 fully saturated rings. The molecule has 4 aromatic rings. The topological polar surface area (TPSA) is 66.5 Å². The lowest BCUT2D eigenvalue weighted by molar-refractivity contribution is 0.0955. The number of nitrogens with zero attached hydrogens (tertiary/aromatic N) is 1. The van der Waals surface area contributed by atoms with Crippen LogP contribution in [-0.2, 0) is 10.0 Å². The van der Waals surface area contributed by atoms with E-state index in [1.807, 2.05) is 18.2 Å². The standard InChI is InChI=1S/C23H18N2O3S/c26-23(19-11-3-1-4-12-19)24-25(20-14-5-2-6-15-20)29(27,28)22-17-9-13-18-10-7-8-16-21(18)22/h1-17H,(H,24,26). The van der Waals surface area contributed by atoms with E-state index in [0.29, 0.717) is 16.6 Å². The number of hydrazine groups is 1. The van der Waals surface area contributed by atoms with Crippen LogP contribution in [0, 0.1) is 0 Å². The van der Waals surface area contributed by atoms with Crippen molar-refractivity contribution in [3.8, 4) is 0 Å². The highest BCUT2D eigenvalue weighted by molar-refractivity contribution is 7.93. The summed E-state index contributed by atoms with van der Waals surface area (Å²) in [4.78, 5) is 12.9. The molecule has 4 rings (SSSR count). The van der Waals surface area contributed by atoms with Gasteiger partial charge in [-0.05, 0) is 35.7 Å². The molecule has 0 aliphatic heterocycles. The number of sulfonamides is 1. The quantitative estimate of drug-likeness (QED) is 0.504. The van der Waals surface area contributed by atoms with Gasteiger partial charge in [0.2, 0.25) is 0 Å². The molecule has 0 saturated heterocycles. The molecule has 0 heterocycles. The van der Waals surface area contributed by atoms with Gasteiger partial charge in [0.25, 0.3) is 15.9 Å². The number of carbonyl (C=O) groups is 1. The fourth-order valence-corrected chi connectivity index (χ4v) is 4.61. The fraction of sp³-hybridized carbons (Fsp3) is 0. The van der Waals surface area contributed by atoms with E-state index in [4.69, 9.17) is 0 Å². The summed E-state index contributed by atoms with van der Waals surface area (Å²) < 4.78 is 28.2. The third-order valence-electron chi connectivity index (χ3n) is 4.50. The molecule has 0 bridgehead atoms. The largest absolute Gasteiger partial charge is 0.282 e. The predicted molar refractivity (Wildman–Crippen MR) is 114 cm³/mol. The third-order valence-corrected chi connectivity index (χ3v) is 6.19. The first-order chi connectivity index (χ1) is 14.1. The predicted octanol–water partition coefficient (Wildman–Crippen LogP) is 4.38. The van der Waals surface area contributed by atoms with E-state index in [1.54, 1.807) is 84.9 Å². The van der Waals surface area contributed by atoms with Crippen LogP contribution in [0.1, 0.15) is 10.4 Å². The van der Waals surface area contributed by atoms with Crippen LogP contribution in [0.2, 0.25) is 0 Å². The summed E-state index contributed by atoms with van der Waals surface area (Å²) in [6, 6.07) is 29.3. The minimum Gasteiger partial charge on any atom is -0.267 e. The number of hydrogen-bond donors (Lipinski definition) is 1. The van der Waals surface area contributed by atoms with Crippen molar-refractivity contribution < 1.29 is 13.2 Å². The first-order valence-corrected chi connectivity index (χ1v) is 10.5. The van der Waals surface area contributed by atoms with Crippen molar-refractivity contribution in [2.24, 2.45) is 0 Å². The summed E-state index contributed by atoms with van der Waals surface area (Å²) in [7, 11) is -4.08. The minimum absolute atomic E-state index is 0.118. The summed E-state index contributed by atoms with van der Waals surface area (Å²) in [6.45, 7) is 0. The maximum Gasteiger partial charge on any atom is 0.282 e. The van der Waals surface area contributed by atoms with Gasteiger partial charge < -0.3 is 0 Å². The van der Waals surface area contributed by atoms with Crippen LogP contribution in [0.4, 0.5) is 5.69 Å². The van der Waals surface area contributed by atoms with Gasteiger partial charge in [-0.15, -0.1) is 0 Å². The second-order valence-electron chi connectivity index (χ2n) is 6.39. The number of fused-ring (bicyclic) bond motifs is 1. The molecule has 6 heteroatoms. The highest BCUT2D eigenvalue weighted by Gasteiger charge is 2.28. The Hall–Kier alpha value is -3.64. The lowest BCUT2D eigenvalue weighted by Crippen LogP contribution is -2.46. The highest BCUT2D eigenvalue weighted by Crippen LogP contribution is 2.28. The van der Waals surface area contributed by atoms with Crippen LogP contribution in [0.15, 0.2) is 108 Å². The maximum absolute atomic E-state index is 13.6. The zero-order valence-corrected chi connectivity index (χ0v) is 16.2. The van der Waals surface area contributed by atoms with Gasteiger partial charge in [0.05, 0.1) is 10.6 Å². The van der Waals surface area contributed by atoms with E-state index in [-0.39, 0.29) is 4.90 Å². The van der Waals surface area contributed by atoms with Crippen molar-refractivity contribution in [1.29, 1.82) is 0 Å². The van der Waals surface area contributed by atoms with E-state index in [9.17, 15) is 13.2 Å². The zero-order chi connectivity index (χ0) is 20.3. The molecule has 0 aromatic heterocycles. The molecule has 5 nitrogen and oxygen atoms in total. The van der Waals surface area contributed by atoms with Gasteiger partial charge in [-0.25, -0.2) is 5.43 Å². The molecule has 0 radical (unpaired) electrons. The van der Waals surface area contributed by atoms with Crippen LogP contribution in [0.5, 0.6) is 0 Å². The van der Waals surface area contributed by atoms with Crippen molar-refractivity contribution in [2.75, 3.05) is 4.41 Å². The fourth-order valence-electron chi connectivity index (χ4n) is 3.09. The normalized spacial score (nSPS) is 11.2.